The summed E-state index contributed by atoms with van der Waals surface area (Å²) in [5, 5.41) is 10.6. The van der Waals surface area contributed by atoms with Crippen LogP contribution < -0.4 is 5.73 Å². The number of hydrogen-bond donors (Lipinski definition) is 2. The minimum absolute atomic E-state index is 0.0463. The zero-order valence-corrected chi connectivity index (χ0v) is 18.5. The number of nitro benzene ring substituents is 1. The molecule has 0 unspecified atom stereocenters. The molecule has 0 bridgehead atoms. The lowest BCUT2D eigenvalue weighted by atomic mass is 10.2. The normalized spacial score (nSPS) is 21.8. The Bertz CT molecular complexity index is 867. The molecule has 1 aromatic rings. The predicted octanol–water partition coefficient (Wildman–Crippen LogP) is 0.624. The number of non-ortho nitro benzene ring substituents is 1. The SMILES string of the molecule is NC(=O)CN1CCCN(C(=O)[C@@H]2C[C@H](S)CN2C(=O)OCc2ccc([N+](=O)[O-])cc2)CC1. The summed E-state index contributed by atoms with van der Waals surface area (Å²) in [7, 11) is 0. The van der Waals surface area contributed by atoms with Crippen LogP contribution >= 0.6 is 12.6 Å². The van der Waals surface area contributed by atoms with Crippen molar-refractivity contribution in [2.45, 2.75) is 30.7 Å². The molecule has 2 aliphatic rings. The number of ether oxygens (including phenoxy) is 1. The van der Waals surface area contributed by atoms with Gasteiger partial charge in [0.2, 0.25) is 11.8 Å². The number of amides is 3. The van der Waals surface area contributed by atoms with Crippen LogP contribution in [0.5, 0.6) is 0 Å². The van der Waals surface area contributed by atoms with Gasteiger partial charge in [0.15, 0.2) is 0 Å². The smallest absolute Gasteiger partial charge is 0.410 e. The van der Waals surface area contributed by atoms with E-state index >= 15 is 0 Å². The van der Waals surface area contributed by atoms with Crippen LogP contribution in [0, 0.1) is 10.1 Å². The van der Waals surface area contributed by atoms with Crippen LogP contribution in [0.25, 0.3) is 0 Å². The molecule has 2 saturated heterocycles. The van der Waals surface area contributed by atoms with Crippen molar-refractivity contribution in [1.29, 1.82) is 0 Å². The third-order valence-corrected chi connectivity index (χ3v) is 5.96. The summed E-state index contributed by atoms with van der Waals surface area (Å²) in [4.78, 5) is 52.3. The summed E-state index contributed by atoms with van der Waals surface area (Å²) in [6.45, 7) is 2.59. The van der Waals surface area contributed by atoms with Crippen LogP contribution in [-0.2, 0) is 20.9 Å². The van der Waals surface area contributed by atoms with E-state index in [0.29, 0.717) is 51.1 Å². The topological polar surface area (TPSA) is 139 Å². The molecule has 0 saturated carbocycles. The van der Waals surface area contributed by atoms with Gasteiger partial charge < -0.3 is 15.4 Å². The van der Waals surface area contributed by atoms with Gasteiger partial charge in [-0.25, -0.2) is 4.79 Å². The number of carbonyl (C=O) groups is 3. The van der Waals surface area contributed by atoms with Crippen LogP contribution in [0.2, 0.25) is 0 Å². The monoisotopic (exact) mass is 465 g/mol. The minimum atomic E-state index is -0.662. The molecule has 0 spiro atoms. The molecule has 11 nitrogen and oxygen atoms in total. The Morgan fingerprint density at radius 2 is 1.88 bits per heavy atom. The molecule has 12 heteroatoms. The number of likely N-dealkylation sites (tertiary alicyclic amines) is 1. The Labute approximate surface area is 191 Å². The van der Waals surface area contributed by atoms with Crippen molar-refractivity contribution in [1.82, 2.24) is 14.7 Å². The summed E-state index contributed by atoms with van der Waals surface area (Å²) >= 11 is 4.46. The van der Waals surface area contributed by atoms with Gasteiger partial charge in [-0.3, -0.25) is 29.5 Å². The highest BCUT2D eigenvalue weighted by Crippen LogP contribution is 2.25. The second-order valence-electron chi connectivity index (χ2n) is 7.96. The Morgan fingerprint density at radius 1 is 1.16 bits per heavy atom. The van der Waals surface area contributed by atoms with Crippen molar-refractivity contribution in [2.75, 3.05) is 39.3 Å². The number of thiol groups is 1. The number of benzene rings is 1. The fourth-order valence-corrected chi connectivity index (χ4v) is 4.35. The van der Waals surface area contributed by atoms with E-state index < -0.39 is 23.0 Å². The molecule has 0 aliphatic carbocycles. The highest BCUT2D eigenvalue weighted by Gasteiger charge is 2.41. The average molecular weight is 466 g/mol. The van der Waals surface area contributed by atoms with Crippen LogP contribution in [0.4, 0.5) is 10.5 Å². The van der Waals surface area contributed by atoms with E-state index in [1.54, 1.807) is 4.90 Å². The molecule has 2 aliphatic heterocycles. The molecule has 2 N–H and O–H groups in total. The second-order valence-corrected chi connectivity index (χ2v) is 8.69. The zero-order chi connectivity index (χ0) is 23.3. The van der Waals surface area contributed by atoms with Gasteiger partial charge in [0.25, 0.3) is 5.69 Å². The lowest BCUT2D eigenvalue weighted by Crippen LogP contribution is -2.49. The predicted molar refractivity (Wildman–Crippen MR) is 118 cm³/mol. The summed E-state index contributed by atoms with van der Waals surface area (Å²) in [6.07, 6.45) is 0.514. The maximum atomic E-state index is 13.2. The minimum Gasteiger partial charge on any atom is -0.445 e. The van der Waals surface area contributed by atoms with Gasteiger partial charge in [-0.05, 0) is 30.5 Å². The Hall–Kier alpha value is -2.86. The summed E-state index contributed by atoms with van der Waals surface area (Å²) in [5.41, 5.74) is 5.83. The van der Waals surface area contributed by atoms with Crippen molar-refractivity contribution >= 4 is 36.2 Å². The third kappa shape index (κ3) is 6.10. The van der Waals surface area contributed by atoms with E-state index in [2.05, 4.69) is 12.6 Å². The Balaban J connectivity index is 1.58. The maximum Gasteiger partial charge on any atom is 0.410 e. The zero-order valence-electron chi connectivity index (χ0n) is 17.6. The number of nitrogens with zero attached hydrogens (tertiary/aromatic N) is 4. The molecular formula is C20H27N5O6S. The standard InChI is InChI=1S/C20H27N5O6S/c21-18(26)12-22-6-1-7-23(9-8-22)19(27)17-10-16(32)11-24(17)20(28)31-13-14-2-4-15(5-3-14)25(29)30/h2-5,16-17,32H,1,6-13H2,(H2,21,26)/t16-,17-/m0/s1. The first-order chi connectivity index (χ1) is 15.2. The van der Waals surface area contributed by atoms with E-state index in [4.69, 9.17) is 10.5 Å². The number of hydrogen-bond acceptors (Lipinski definition) is 8. The van der Waals surface area contributed by atoms with Crippen LogP contribution in [-0.4, -0.2) is 88.1 Å². The van der Waals surface area contributed by atoms with Crippen molar-refractivity contribution in [3.63, 3.8) is 0 Å². The number of carbonyl (C=O) groups excluding carboxylic acids is 3. The number of primary amides is 1. The fraction of sp³-hybridized carbons (Fsp3) is 0.550. The first kappa shape index (κ1) is 23.8. The second kappa shape index (κ2) is 10.6. The van der Waals surface area contributed by atoms with Gasteiger partial charge in [0.05, 0.1) is 11.5 Å². The van der Waals surface area contributed by atoms with Gasteiger partial charge in [-0.2, -0.15) is 12.6 Å². The van der Waals surface area contributed by atoms with E-state index in [1.807, 2.05) is 4.90 Å². The van der Waals surface area contributed by atoms with Crippen molar-refractivity contribution in [3.8, 4) is 0 Å². The van der Waals surface area contributed by atoms with Gasteiger partial charge >= 0.3 is 6.09 Å². The highest BCUT2D eigenvalue weighted by molar-refractivity contribution is 7.81. The Morgan fingerprint density at radius 3 is 2.53 bits per heavy atom. The highest BCUT2D eigenvalue weighted by atomic mass is 32.1. The maximum absolute atomic E-state index is 13.2. The van der Waals surface area contributed by atoms with Crippen LogP contribution in [0.15, 0.2) is 24.3 Å². The third-order valence-electron chi connectivity index (χ3n) is 5.59. The summed E-state index contributed by atoms with van der Waals surface area (Å²) < 4.78 is 5.37. The molecule has 3 amide bonds. The molecule has 32 heavy (non-hydrogen) atoms. The van der Waals surface area contributed by atoms with Gasteiger partial charge in [-0.15, -0.1) is 0 Å². The van der Waals surface area contributed by atoms with Gasteiger partial charge in [0.1, 0.15) is 12.6 Å². The molecule has 0 aromatic heterocycles. The number of nitro groups is 1. The summed E-state index contributed by atoms with van der Waals surface area (Å²) in [6, 6.07) is 5.07. The Kier molecular flexibility index (Phi) is 7.91. The molecule has 2 fully saturated rings. The largest absolute Gasteiger partial charge is 0.445 e. The molecular weight excluding hydrogens is 438 g/mol. The van der Waals surface area contributed by atoms with E-state index in [0.717, 1.165) is 0 Å². The van der Waals surface area contributed by atoms with Gasteiger partial charge in [0, 0.05) is 50.1 Å². The molecule has 0 radical (unpaired) electrons. The van der Waals surface area contributed by atoms with Gasteiger partial charge in [-0.1, -0.05) is 0 Å². The average Bonchev–Trinajstić information content (AvgIpc) is 3.00. The fourth-order valence-electron chi connectivity index (χ4n) is 3.97. The van der Waals surface area contributed by atoms with E-state index in [-0.39, 0.29) is 30.0 Å². The van der Waals surface area contributed by atoms with Crippen molar-refractivity contribution in [3.05, 3.63) is 39.9 Å². The van der Waals surface area contributed by atoms with Crippen molar-refractivity contribution in [2.24, 2.45) is 5.73 Å². The van der Waals surface area contributed by atoms with Crippen molar-refractivity contribution < 1.29 is 24.0 Å². The quantitative estimate of drug-likeness (QED) is 0.357. The van der Waals surface area contributed by atoms with E-state index in [1.165, 1.54) is 29.2 Å². The lowest BCUT2D eigenvalue weighted by molar-refractivity contribution is -0.384. The van der Waals surface area contributed by atoms with E-state index in [9.17, 15) is 24.5 Å². The first-order valence-corrected chi connectivity index (χ1v) is 10.9. The molecule has 2 heterocycles. The van der Waals surface area contributed by atoms with Crippen LogP contribution in [0.3, 0.4) is 0 Å². The number of nitrogens with two attached hydrogens (primary N) is 1. The lowest BCUT2D eigenvalue weighted by Gasteiger charge is -2.29. The number of rotatable bonds is 6. The molecule has 1 aromatic carbocycles. The molecule has 2 atom stereocenters. The van der Waals surface area contributed by atoms with Crippen LogP contribution in [0.1, 0.15) is 18.4 Å². The molecule has 174 valence electrons. The summed E-state index contributed by atoms with van der Waals surface area (Å²) in [5.74, 6) is -0.560. The first-order valence-electron chi connectivity index (χ1n) is 10.4. The molecule has 3 rings (SSSR count).